The molecule has 7 nitrogen and oxygen atoms in total. The molecule has 30 heavy (non-hydrogen) atoms. The van der Waals surface area contributed by atoms with Gasteiger partial charge < -0.3 is 14.5 Å². The predicted molar refractivity (Wildman–Crippen MR) is 117 cm³/mol. The van der Waals surface area contributed by atoms with Gasteiger partial charge in [-0.2, -0.15) is 0 Å². The Morgan fingerprint density at radius 1 is 1.13 bits per heavy atom. The number of nitrogens with zero attached hydrogens (tertiary/aromatic N) is 3. The number of hydrogen-bond donors (Lipinski definition) is 1. The second kappa shape index (κ2) is 10.8. The van der Waals surface area contributed by atoms with Crippen molar-refractivity contribution in [2.45, 2.75) is 26.8 Å². The van der Waals surface area contributed by atoms with E-state index in [2.05, 4.69) is 22.4 Å². The van der Waals surface area contributed by atoms with Gasteiger partial charge in [0.25, 0.3) is 0 Å². The number of carbonyl (C=O) groups is 1. The van der Waals surface area contributed by atoms with Gasteiger partial charge in [0.2, 0.25) is 17.7 Å². The van der Waals surface area contributed by atoms with Crippen LogP contribution >= 0.6 is 11.6 Å². The Labute approximate surface area is 181 Å². The number of nitrogens with one attached hydrogen (secondary N) is 1. The van der Waals surface area contributed by atoms with Gasteiger partial charge >= 0.3 is 0 Å². The molecule has 158 valence electrons. The normalized spacial score (nSPS) is 10.9. The lowest BCUT2D eigenvalue weighted by atomic mass is 10.2. The largest absolute Gasteiger partial charge is 0.492 e. The van der Waals surface area contributed by atoms with Crippen LogP contribution in [0.5, 0.6) is 5.75 Å². The number of anilines is 1. The van der Waals surface area contributed by atoms with E-state index in [-0.39, 0.29) is 12.5 Å². The van der Waals surface area contributed by atoms with Gasteiger partial charge in [0.15, 0.2) is 0 Å². The van der Waals surface area contributed by atoms with E-state index < -0.39 is 0 Å². The second-order valence-corrected chi connectivity index (χ2v) is 7.08. The summed E-state index contributed by atoms with van der Waals surface area (Å²) in [5, 5.41) is 11.7. The summed E-state index contributed by atoms with van der Waals surface area (Å²) >= 11 is 6.20. The summed E-state index contributed by atoms with van der Waals surface area (Å²) < 4.78 is 11.3. The van der Waals surface area contributed by atoms with Gasteiger partial charge in [-0.15, -0.1) is 10.2 Å². The van der Waals surface area contributed by atoms with Crippen molar-refractivity contribution in [3.63, 3.8) is 0 Å². The number of aromatic nitrogens is 2. The molecule has 0 bridgehead atoms. The summed E-state index contributed by atoms with van der Waals surface area (Å²) in [6.45, 7) is 5.76. The number of carbonyl (C=O) groups excluding carboxylic acids is 1. The molecule has 3 aromatic rings. The quantitative estimate of drug-likeness (QED) is 0.506. The molecule has 0 atom stereocenters. The van der Waals surface area contributed by atoms with Gasteiger partial charge in [-0.05, 0) is 44.2 Å². The first-order valence-electron chi connectivity index (χ1n) is 9.92. The molecule has 0 unspecified atom stereocenters. The molecule has 0 saturated heterocycles. The molecule has 2 aromatic carbocycles. The number of rotatable bonds is 10. The molecule has 0 aliphatic carbocycles. The van der Waals surface area contributed by atoms with Crippen molar-refractivity contribution >= 4 is 23.2 Å². The van der Waals surface area contributed by atoms with E-state index in [4.69, 9.17) is 20.8 Å². The first kappa shape index (κ1) is 21.8. The van der Waals surface area contributed by atoms with Crippen molar-refractivity contribution in [3.8, 4) is 17.2 Å². The second-order valence-electron chi connectivity index (χ2n) is 6.67. The highest BCUT2D eigenvalue weighted by molar-refractivity contribution is 6.33. The fraction of sp³-hybridized carbons (Fsp3) is 0.318. The summed E-state index contributed by atoms with van der Waals surface area (Å²) in [6, 6.07) is 14.7. The maximum atomic E-state index is 12.6. The lowest BCUT2D eigenvalue weighted by molar-refractivity contribution is -0.117. The molecule has 0 fully saturated rings. The van der Waals surface area contributed by atoms with Gasteiger partial charge in [-0.3, -0.25) is 9.69 Å². The number of amides is 1. The Morgan fingerprint density at radius 2 is 1.90 bits per heavy atom. The predicted octanol–water partition coefficient (Wildman–Crippen LogP) is 4.64. The monoisotopic (exact) mass is 428 g/mol. The average molecular weight is 429 g/mol. The lowest BCUT2D eigenvalue weighted by Crippen LogP contribution is -2.33. The van der Waals surface area contributed by atoms with E-state index in [9.17, 15) is 4.79 Å². The zero-order valence-corrected chi connectivity index (χ0v) is 17.9. The molecular formula is C22H25ClN4O3. The molecule has 1 N–H and O–H groups in total. The van der Waals surface area contributed by atoms with Gasteiger partial charge in [0.1, 0.15) is 5.75 Å². The fourth-order valence-electron chi connectivity index (χ4n) is 3.03. The first-order chi connectivity index (χ1) is 14.6. The summed E-state index contributed by atoms with van der Waals surface area (Å²) in [7, 11) is 0. The van der Waals surface area contributed by atoms with Crippen molar-refractivity contribution < 1.29 is 13.9 Å². The van der Waals surface area contributed by atoms with Crippen molar-refractivity contribution in [2.75, 3.05) is 25.0 Å². The number of hydrogen-bond acceptors (Lipinski definition) is 6. The molecule has 0 saturated carbocycles. The highest BCUT2D eigenvalue weighted by Crippen LogP contribution is 2.26. The minimum Gasteiger partial charge on any atom is -0.492 e. The van der Waals surface area contributed by atoms with E-state index >= 15 is 0 Å². The van der Waals surface area contributed by atoms with Crippen molar-refractivity contribution in [3.05, 3.63) is 59.4 Å². The zero-order chi connectivity index (χ0) is 21.3. The maximum absolute atomic E-state index is 12.6. The number of halogens is 1. The number of ether oxygens (including phenoxy) is 1. The van der Waals surface area contributed by atoms with Gasteiger partial charge in [0.05, 0.1) is 36.0 Å². The Morgan fingerprint density at radius 3 is 2.67 bits per heavy atom. The Bertz CT molecular complexity index is 976. The third-order valence-corrected chi connectivity index (χ3v) is 4.63. The third-order valence-electron chi connectivity index (χ3n) is 4.30. The van der Waals surface area contributed by atoms with Crippen LogP contribution in [0.25, 0.3) is 11.5 Å². The molecule has 1 heterocycles. The van der Waals surface area contributed by atoms with Crippen LogP contribution in [0.15, 0.2) is 52.9 Å². The Balaban J connectivity index is 1.65. The van der Waals surface area contributed by atoms with E-state index in [1.165, 1.54) is 0 Å². The van der Waals surface area contributed by atoms with Crippen LogP contribution in [-0.2, 0) is 11.3 Å². The molecular weight excluding hydrogens is 404 g/mol. The van der Waals surface area contributed by atoms with Crippen LogP contribution in [0, 0.1) is 0 Å². The zero-order valence-electron chi connectivity index (χ0n) is 17.1. The fourth-order valence-corrected chi connectivity index (χ4v) is 3.24. The molecule has 8 heteroatoms. The van der Waals surface area contributed by atoms with Crippen LogP contribution < -0.4 is 10.1 Å². The lowest BCUT2D eigenvalue weighted by Gasteiger charge is -2.19. The standard InChI is InChI=1S/C22H25ClN4O3/c1-3-13-27(14-20(28)24-18-11-7-8-12-19(18)29-4-2)15-21-25-26-22(30-21)16-9-5-6-10-17(16)23/h5-12H,3-4,13-15H2,1-2H3,(H,24,28). The molecule has 1 amide bonds. The van der Waals surface area contributed by atoms with E-state index in [0.29, 0.717) is 53.5 Å². The smallest absolute Gasteiger partial charge is 0.249 e. The molecule has 1 aromatic heterocycles. The van der Waals surface area contributed by atoms with Gasteiger partial charge in [0, 0.05) is 0 Å². The highest BCUT2D eigenvalue weighted by atomic mass is 35.5. The molecule has 3 rings (SSSR count). The van der Waals surface area contributed by atoms with Gasteiger partial charge in [-0.25, -0.2) is 0 Å². The average Bonchev–Trinajstić information content (AvgIpc) is 3.18. The highest BCUT2D eigenvalue weighted by Gasteiger charge is 2.17. The summed E-state index contributed by atoms with van der Waals surface area (Å²) in [5.41, 5.74) is 1.34. The number of para-hydroxylation sites is 2. The molecule has 0 spiro atoms. The van der Waals surface area contributed by atoms with E-state index in [0.717, 1.165) is 6.42 Å². The number of benzene rings is 2. The van der Waals surface area contributed by atoms with E-state index in [1.807, 2.05) is 54.3 Å². The SMILES string of the molecule is CCCN(CC(=O)Nc1ccccc1OCC)Cc1nnc(-c2ccccc2Cl)o1. The summed E-state index contributed by atoms with van der Waals surface area (Å²) in [6.07, 6.45) is 0.883. The van der Waals surface area contributed by atoms with Crippen LogP contribution in [0.4, 0.5) is 5.69 Å². The minimum atomic E-state index is -0.138. The maximum Gasteiger partial charge on any atom is 0.249 e. The van der Waals surface area contributed by atoms with Crippen LogP contribution in [0.2, 0.25) is 5.02 Å². The topological polar surface area (TPSA) is 80.5 Å². The minimum absolute atomic E-state index is 0.138. The van der Waals surface area contributed by atoms with Crippen molar-refractivity contribution in [2.24, 2.45) is 0 Å². The third kappa shape index (κ3) is 5.81. The summed E-state index contributed by atoms with van der Waals surface area (Å²) in [4.78, 5) is 14.6. The molecule has 0 aliphatic heterocycles. The summed E-state index contributed by atoms with van der Waals surface area (Å²) in [5.74, 6) is 1.31. The molecule has 0 radical (unpaired) electrons. The first-order valence-corrected chi connectivity index (χ1v) is 10.3. The van der Waals surface area contributed by atoms with E-state index in [1.54, 1.807) is 6.07 Å². The van der Waals surface area contributed by atoms with Crippen molar-refractivity contribution in [1.82, 2.24) is 15.1 Å². The Hall–Kier alpha value is -2.90. The van der Waals surface area contributed by atoms with Crippen LogP contribution in [-0.4, -0.2) is 40.7 Å². The van der Waals surface area contributed by atoms with Gasteiger partial charge in [-0.1, -0.05) is 42.8 Å². The Kier molecular flexibility index (Phi) is 7.82. The van der Waals surface area contributed by atoms with Crippen LogP contribution in [0.3, 0.4) is 0 Å². The van der Waals surface area contributed by atoms with Crippen molar-refractivity contribution in [1.29, 1.82) is 0 Å². The van der Waals surface area contributed by atoms with Crippen LogP contribution in [0.1, 0.15) is 26.2 Å². The molecule has 0 aliphatic rings.